The van der Waals surface area contributed by atoms with Gasteiger partial charge < -0.3 is 54.7 Å². The molecule has 4 unspecified atom stereocenters. The van der Waals surface area contributed by atoms with Crippen LogP contribution in [0.25, 0.3) is 0 Å². The van der Waals surface area contributed by atoms with Crippen molar-refractivity contribution >= 4 is 12.6 Å². The fourth-order valence-electron chi connectivity index (χ4n) is 2.86. The molecule has 26 heavy (non-hydrogen) atoms. The molecule has 154 valence electrons. The molecule has 0 amide bonds. The largest absolute Gasteiger partial charge is 0.394 e. The van der Waals surface area contributed by atoms with E-state index < -0.39 is 74.6 Å². The Morgan fingerprint density at radius 1 is 0.731 bits per heavy atom. The molecule has 10 atom stereocenters. The molecule has 0 aromatic heterocycles. The van der Waals surface area contributed by atoms with Gasteiger partial charge in [-0.25, -0.2) is 0 Å². The topological polar surface area (TPSA) is 179 Å². The minimum absolute atomic E-state index is 0.133. The predicted octanol–water partition coefficient (Wildman–Crippen LogP) is -4.44. The van der Waals surface area contributed by atoms with Gasteiger partial charge in [-0.05, 0) is 0 Å². The normalized spacial score (nSPS) is 47.1. The summed E-state index contributed by atoms with van der Waals surface area (Å²) >= 11 is 3.96. The van der Waals surface area contributed by atoms with Crippen LogP contribution in [0.15, 0.2) is 0 Å². The van der Waals surface area contributed by atoms with Crippen LogP contribution in [0.2, 0.25) is 0 Å². The number of hydrogen-bond donors (Lipinski definition) is 8. The minimum Gasteiger partial charge on any atom is -0.394 e. The maximum absolute atomic E-state index is 10.3. The van der Waals surface area contributed by atoms with Gasteiger partial charge in [-0.3, -0.25) is 0 Å². The molecule has 0 radical (unpaired) electrons. The van der Waals surface area contributed by atoms with Crippen molar-refractivity contribution < 1.29 is 54.7 Å². The molecule has 2 saturated heterocycles. The highest BCUT2D eigenvalue weighted by Gasteiger charge is 2.50. The van der Waals surface area contributed by atoms with Gasteiger partial charge in [-0.2, -0.15) is 12.6 Å². The highest BCUT2D eigenvalue weighted by molar-refractivity contribution is 7.80. The summed E-state index contributed by atoms with van der Waals surface area (Å²) in [5.74, 6) is 0.345. The van der Waals surface area contributed by atoms with Crippen LogP contribution in [0.3, 0.4) is 0 Å². The Balaban J connectivity index is 2.09. The number of aliphatic hydroxyl groups excluding tert-OH is 7. The van der Waals surface area contributed by atoms with E-state index in [9.17, 15) is 35.7 Å². The summed E-state index contributed by atoms with van der Waals surface area (Å²) in [6, 6.07) is 0. The molecule has 11 nitrogen and oxygen atoms in total. The molecule has 2 aliphatic rings. The van der Waals surface area contributed by atoms with Crippen LogP contribution in [-0.4, -0.2) is 123 Å². The van der Waals surface area contributed by atoms with E-state index in [0.717, 1.165) is 0 Å². The maximum Gasteiger partial charge on any atom is 0.187 e. The highest BCUT2D eigenvalue weighted by atomic mass is 32.1. The van der Waals surface area contributed by atoms with E-state index in [2.05, 4.69) is 12.6 Å². The first-order valence-electron chi connectivity index (χ1n) is 8.16. The second-order valence-electron chi connectivity index (χ2n) is 6.10. The van der Waals surface area contributed by atoms with Crippen LogP contribution in [0.1, 0.15) is 0 Å². The van der Waals surface area contributed by atoms with Crippen molar-refractivity contribution in [2.75, 3.05) is 25.6 Å². The Morgan fingerprint density at radius 3 is 1.88 bits per heavy atom. The Morgan fingerprint density at radius 2 is 1.31 bits per heavy atom. The van der Waals surface area contributed by atoms with Crippen LogP contribution in [-0.2, 0) is 18.9 Å². The van der Waals surface area contributed by atoms with Crippen molar-refractivity contribution in [1.29, 1.82) is 0 Å². The summed E-state index contributed by atoms with van der Waals surface area (Å²) in [6.07, 6.45) is -14.5. The van der Waals surface area contributed by atoms with E-state index in [-0.39, 0.29) is 6.61 Å². The van der Waals surface area contributed by atoms with Gasteiger partial charge >= 0.3 is 0 Å². The van der Waals surface area contributed by atoms with Crippen LogP contribution in [0.4, 0.5) is 0 Å². The molecular formula is C14H26O11S. The minimum atomic E-state index is -1.70. The number of rotatable bonds is 7. The molecule has 0 spiro atoms. The van der Waals surface area contributed by atoms with Gasteiger partial charge in [-0.1, -0.05) is 0 Å². The van der Waals surface area contributed by atoms with Gasteiger partial charge in [-0.15, -0.1) is 0 Å². The zero-order valence-corrected chi connectivity index (χ0v) is 14.7. The fraction of sp³-hybridized carbons (Fsp3) is 1.00. The van der Waals surface area contributed by atoms with Crippen LogP contribution in [0, 0.1) is 0 Å². The van der Waals surface area contributed by atoms with E-state index in [0.29, 0.717) is 5.75 Å². The molecule has 2 heterocycles. The van der Waals surface area contributed by atoms with Crippen molar-refractivity contribution in [3.05, 3.63) is 0 Å². The molecule has 2 aliphatic heterocycles. The summed E-state index contributed by atoms with van der Waals surface area (Å²) < 4.78 is 21.2. The van der Waals surface area contributed by atoms with Gasteiger partial charge in [0, 0.05) is 5.75 Å². The summed E-state index contributed by atoms with van der Waals surface area (Å²) in [7, 11) is 0. The zero-order chi connectivity index (χ0) is 19.4. The highest BCUT2D eigenvalue weighted by Crippen LogP contribution is 2.29. The van der Waals surface area contributed by atoms with Crippen molar-refractivity contribution in [3.63, 3.8) is 0 Å². The second kappa shape index (κ2) is 9.91. The molecular weight excluding hydrogens is 376 g/mol. The third kappa shape index (κ3) is 4.66. The van der Waals surface area contributed by atoms with Gasteiger partial charge in [0.25, 0.3) is 0 Å². The number of ether oxygens (including phenoxy) is 4. The molecule has 0 aromatic carbocycles. The molecule has 0 aliphatic carbocycles. The monoisotopic (exact) mass is 402 g/mol. The average Bonchev–Trinajstić information content (AvgIpc) is 2.64. The van der Waals surface area contributed by atoms with Gasteiger partial charge in [0.15, 0.2) is 12.6 Å². The zero-order valence-electron chi connectivity index (χ0n) is 13.8. The molecule has 0 saturated carbocycles. The van der Waals surface area contributed by atoms with Gasteiger partial charge in [0.1, 0.15) is 48.8 Å². The first-order chi connectivity index (χ1) is 12.3. The smallest absolute Gasteiger partial charge is 0.187 e. The van der Waals surface area contributed by atoms with Crippen molar-refractivity contribution in [2.24, 2.45) is 0 Å². The first kappa shape index (κ1) is 22.2. The Hall–Kier alpha value is -0.0900. The molecule has 0 bridgehead atoms. The summed E-state index contributed by atoms with van der Waals surface area (Å²) in [6.45, 7) is -1.12. The SMILES string of the molecule is OCC1O[C@@H](O[C@@H]2C(CO)O[C@@H](OCCS)C(O)[C@H]2O)[C@@H](O)C(O)[C@H]1O. The van der Waals surface area contributed by atoms with Crippen LogP contribution in [0.5, 0.6) is 0 Å². The molecule has 0 aromatic rings. The summed E-state index contributed by atoms with van der Waals surface area (Å²) in [4.78, 5) is 0. The lowest BCUT2D eigenvalue weighted by Crippen LogP contribution is -2.64. The van der Waals surface area contributed by atoms with E-state index in [4.69, 9.17) is 18.9 Å². The quantitative estimate of drug-likeness (QED) is 0.193. The number of thiol groups is 1. The fourth-order valence-corrected chi connectivity index (χ4v) is 2.97. The van der Waals surface area contributed by atoms with E-state index in [1.54, 1.807) is 0 Å². The lowest BCUT2D eigenvalue weighted by molar-refractivity contribution is -0.359. The molecule has 2 fully saturated rings. The van der Waals surface area contributed by atoms with Crippen molar-refractivity contribution in [3.8, 4) is 0 Å². The molecule has 7 N–H and O–H groups in total. The van der Waals surface area contributed by atoms with E-state index >= 15 is 0 Å². The van der Waals surface area contributed by atoms with E-state index in [1.807, 2.05) is 0 Å². The summed E-state index contributed by atoms with van der Waals surface area (Å²) in [5.41, 5.74) is 0. The van der Waals surface area contributed by atoms with Crippen LogP contribution >= 0.6 is 12.6 Å². The Labute approximate surface area is 155 Å². The van der Waals surface area contributed by atoms with Crippen LogP contribution < -0.4 is 0 Å². The number of aliphatic hydroxyl groups is 7. The average molecular weight is 402 g/mol. The maximum atomic E-state index is 10.3. The van der Waals surface area contributed by atoms with E-state index in [1.165, 1.54) is 0 Å². The Kier molecular flexibility index (Phi) is 8.46. The van der Waals surface area contributed by atoms with Crippen molar-refractivity contribution in [1.82, 2.24) is 0 Å². The van der Waals surface area contributed by atoms with Gasteiger partial charge in [0.05, 0.1) is 19.8 Å². The third-order valence-electron chi connectivity index (χ3n) is 4.33. The second-order valence-corrected chi connectivity index (χ2v) is 6.55. The lowest BCUT2D eigenvalue weighted by atomic mass is 9.97. The molecule has 2 rings (SSSR count). The lowest BCUT2D eigenvalue weighted by Gasteiger charge is -2.45. The van der Waals surface area contributed by atoms with Crippen molar-refractivity contribution in [2.45, 2.75) is 61.4 Å². The third-order valence-corrected chi connectivity index (χ3v) is 4.52. The molecule has 12 heteroatoms. The van der Waals surface area contributed by atoms with Gasteiger partial charge in [0.2, 0.25) is 0 Å². The number of hydrogen-bond acceptors (Lipinski definition) is 12. The first-order valence-corrected chi connectivity index (χ1v) is 8.79. The predicted molar refractivity (Wildman–Crippen MR) is 86.2 cm³/mol. The summed E-state index contributed by atoms with van der Waals surface area (Å²) in [5, 5.41) is 68.7. The standard InChI is InChI=1S/C14H26O11S/c15-3-5-7(17)8(18)10(20)14(23-5)25-12-6(4-16)24-13(22-1-2-26)11(21)9(12)19/h5-21,26H,1-4H2/t5?,6?,7-,8?,9+,10-,11?,12+,13+,14-/m0/s1. The Bertz CT molecular complexity index is 426.